The third kappa shape index (κ3) is 7.16. The maximum Gasteiger partial charge on any atom is 0.248 e. The van der Waals surface area contributed by atoms with E-state index in [9.17, 15) is 9.59 Å². The van der Waals surface area contributed by atoms with Gasteiger partial charge in [-0.2, -0.15) is 0 Å². The molecule has 2 aliphatic carbocycles. The Morgan fingerprint density at radius 1 is 1.12 bits per heavy atom. The number of nitrogens with zero attached hydrogens (tertiary/aromatic N) is 1. The van der Waals surface area contributed by atoms with Gasteiger partial charge in [0, 0.05) is 17.8 Å². The second kappa shape index (κ2) is 12.0. The van der Waals surface area contributed by atoms with E-state index in [0.717, 1.165) is 55.2 Å². The zero-order chi connectivity index (χ0) is 23.8. The van der Waals surface area contributed by atoms with Crippen molar-refractivity contribution in [1.29, 1.82) is 0 Å². The zero-order valence-corrected chi connectivity index (χ0v) is 20.4. The summed E-state index contributed by atoms with van der Waals surface area (Å²) in [7, 11) is 0. The fourth-order valence-corrected chi connectivity index (χ4v) is 4.48. The van der Waals surface area contributed by atoms with E-state index in [1.54, 1.807) is 4.90 Å². The summed E-state index contributed by atoms with van der Waals surface area (Å²) in [6.07, 6.45) is 13.3. The lowest BCUT2D eigenvalue weighted by Gasteiger charge is -2.35. The minimum Gasteiger partial charge on any atom is -0.351 e. The monoisotopic (exact) mass is 449 g/mol. The number of carbonyl (C=O) groups is 2. The Labute approximate surface area is 199 Å². The first-order valence-corrected chi connectivity index (χ1v) is 12.3. The third-order valence-electron chi connectivity index (χ3n) is 6.34. The lowest BCUT2D eigenvalue weighted by molar-refractivity contribution is -0.138. The Bertz CT molecular complexity index is 907. The van der Waals surface area contributed by atoms with Crippen LogP contribution in [0.15, 0.2) is 60.3 Å². The molecule has 33 heavy (non-hydrogen) atoms. The largest absolute Gasteiger partial charge is 0.351 e. The second-order valence-corrected chi connectivity index (χ2v) is 9.44. The van der Waals surface area contributed by atoms with Crippen LogP contribution < -0.4 is 10.6 Å². The normalized spacial score (nSPS) is 18.2. The Morgan fingerprint density at radius 3 is 2.42 bits per heavy atom. The second-order valence-electron chi connectivity index (χ2n) is 9.44. The molecule has 3 rings (SSSR count). The van der Waals surface area contributed by atoms with Crippen LogP contribution in [0.5, 0.6) is 0 Å². The lowest BCUT2D eigenvalue weighted by Crippen LogP contribution is -2.48. The van der Waals surface area contributed by atoms with Crippen LogP contribution in [0, 0.1) is 6.92 Å². The minimum atomic E-state index is -0.747. The molecule has 2 aliphatic rings. The summed E-state index contributed by atoms with van der Waals surface area (Å²) >= 11 is 0. The third-order valence-corrected chi connectivity index (χ3v) is 6.34. The predicted molar refractivity (Wildman–Crippen MR) is 135 cm³/mol. The lowest BCUT2D eigenvalue weighted by atomic mass is 9.93. The molecule has 0 spiro atoms. The van der Waals surface area contributed by atoms with Gasteiger partial charge in [0.2, 0.25) is 11.8 Å². The summed E-state index contributed by atoms with van der Waals surface area (Å²) in [6.45, 7) is 10.1. The SMILES string of the molecule is C=C(C)C=C(C=CC)N(C(=O)CNC1CC1)C(C(=O)NC1CCCCC1)c1ccccc1C. The topological polar surface area (TPSA) is 61.4 Å². The Kier molecular flexibility index (Phi) is 9.07. The van der Waals surface area contributed by atoms with Gasteiger partial charge in [0.1, 0.15) is 6.04 Å². The van der Waals surface area contributed by atoms with Gasteiger partial charge in [-0.15, -0.1) is 0 Å². The van der Waals surface area contributed by atoms with Crippen molar-refractivity contribution < 1.29 is 9.59 Å². The number of aryl methyl sites for hydroxylation is 1. The molecule has 178 valence electrons. The van der Waals surface area contributed by atoms with Crippen LogP contribution in [0.2, 0.25) is 0 Å². The minimum absolute atomic E-state index is 0.112. The summed E-state index contributed by atoms with van der Waals surface area (Å²) in [5.74, 6) is -0.229. The van der Waals surface area contributed by atoms with Crippen molar-refractivity contribution in [2.24, 2.45) is 0 Å². The van der Waals surface area contributed by atoms with Crippen molar-refractivity contribution in [2.45, 2.75) is 83.8 Å². The van der Waals surface area contributed by atoms with Gasteiger partial charge in [-0.25, -0.2) is 0 Å². The number of rotatable bonds is 10. The smallest absolute Gasteiger partial charge is 0.248 e. The van der Waals surface area contributed by atoms with Gasteiger partial charge in [0.05, 0.1) is 6.54 Å². The van der Waals surface area contributed by atoms with Crippen LogP contribution in [0.3, 0.4) is 0 Å². The highest BCUT2D eigenvalue weighted by Gasteiger charge is 2.35. The molecule has 2 fully saturated rings. The van der Waals surface area contributed by atoms with Gasteiger partial charge in [-0.3, -0.25) is 14.5 Å². The van der Waals surface area contributed by atoms with Crippen LogP contribution in [-0.4, -0.2) is 35.3 Å². The van der Waals surface area contributed by atoms with E-state index in [1.165, 1.54) is 6.42 Å². The molecule has 1 atom stereocenters. The van der Waals surface area contributed by atoms with Crippen LogP contribution in [0.4, 0.5) is 0 Å². The molecular formula is C28H39N3O2. The van der Waals surface area contributed by atoms with Gasteiger partial charge in [-0.05, 0) is 69.7 Å². The number of nitrogens with one attached hydrogen (secondary N) is 2. The zero-order valence-electron chi connectivity index (χ0n) is 20.4. The average molecular weight is 450 g/mol. The summed E-state index contributed by atoms with van der Waals surface area (Å²) in [6, 6.07) is 7.68. The molecule has 5 heteroatoms. The molecule has 2 saturated carbocycles. The number of carbonyl (C=O) groups excluding carboxylic acids is 2. The van der Waals surface area contributed by atoms with Gasteiger partial charge in [-0.1, -0.05) is 61.8 Å². The van der Waals surface area contributed by atoms with Crippen molar-refractivity contribution in [1.82, 2.24) is 15.5 Å². The average Bonchev–Trinajstić information content (AvgIpc) is 3.61. The quantitative estimate of drug-likeness (QED) is 0.489. The molecule has 5 nitrogen and oxygen atoms in total. The Morgan fingerprint density at radius 2 is 1.82 bits per heavy atom. The summed E-state index contributed by atoms with van der Waals surface area (Å²) in [5.41, 5.74) is 3.35. The molecule has 0 radical (unpaired) electrons. The molecule has 1 unspecified atom stereocenters. The predicted octanol–water partition coefficient (Wildman–Crippen LogP) is 5.10. The summed E-state index contributed by atoms with van der Waals surface area (Å²) < 4.78 is 0. The van der Waals surface area contributed by atoms with Gasteiger partial charge < -0.3 is 10.6 Å². The van der Waals surface area contributed by atoms with Gasteiger partial charge in [0.15, 0.2) is 0 Å². The fourth-order valence-electron chi connectivity index (χ4n) is 4.48. The summed E-state index contributed by atoms with van der Waals surface area (Å²) in [5, 5.41) is 6.61. The van der Waals surface area contributed by atoms with Crippen molar-refractivity contribution >= 4 is 11.8 Å². The number of hydrogen-bond donors (Lipinski definition) is 2. The highest BCUT2D eigenvalue weighted by atomic mass is 16.2. The molecule has 0 bridgehead atoms. The molecule has 1 aromatic rings. The molecule has 0 saturated heterocycles. The van der Waals surface area contributed by atoms with Crippen LogP contribution in [0.1, 0.15) is 76.0 Å². The summed E-state index contributed by atoms with van der Waals surface area (Å²) in [4.78, 5) is 29.2. The standard InChI is InChI=1S/C28H39N3O2/c1-5-11-24(18-20(2)3)31(26(32)19-29-22-16-17-22)27(25-15-10-9-12-21(25)4)28(33)30-23-13-7-6-8-14-23/h5,9-12,15,18,22-23,27,29H,2,6-8,13-14,16-17,19H2,1,3-4H3,(H,30,33). The van der Waals surface area contributed by atoms with Crippen molar-refractivity contribution in [3.05, 3.63) is 71.5 Å². The van der Waals surface area contributed by atoms with Crippen molar-refractivity contribution in [3.8, 4) is 0 Å². The van der Waals surface area contributed by atoms with Crippen LogP contribution in [0.25, 0.3) is 0 Å². The van der Waals surface area contributed by atoms with Crippen molar-refractivity contribution in [2.75, 3.05) is 6.54 Å². The van der Waals surface area contributed by atoms with Crippen LogP contribution in [-0.2, 0) is 9.59 Å². The molecule has 2 N–H and O–H groups in total. The first-order valence-electron chi connectivity index (χ1n) is 12.3. The van der Waals surface area contributed by atoms with Gasteiger partial charge in [0.25, 0.3) is 0 Å². The van der Waals surface area contributed by atoms with E-state index in [1.807, 2.05) is 63.3 Å². The highest BCUT2D eigenvalue weighted by Crippen LogP contribution is 2.30. The fraction of sp³-hybridized carbons (Fsp3) is 0.500. The van der Waals surface area contributed by atoms with E-state index in [2.05, 4.69) is 17.2 Å². The molecule has 2 amide bonds. The molecule has 0 heterocycles. The molecule has 0 aromatic heterocycles. The van der Waals surface area contributed by atoms with Crippen molar-refractivity contribution in [3.63, 3.8) is 0 Å². The number of hydrogen-bond acceptors (Lipinski definition) is 3. The van der Waals surface area contributed by atoms with E-state index >= 15 is 0 Å². The van der Waals surface area contributed by atoms with Gasteiger partial charge >= 0.3 is 0 Å². The first-order chi connectivity index (χ1) is 15.9. The van der Waals surface area contributed by atoms with E-state index in [-0.39, 0.29) is 24.4 Å². The number of allylic oxidation sites excluding steroid dienone is 4. The number of benzene rings is 1. The highest BCUT2D eigenvalue weighted by molar-refractivity contribution is 5.91. The Balaban J connectivity index is 2.03. The van der Waals surface area contributed by atoms with E-state index < -0.39 is 6.04 Å². The van der Waals surface area contributed by atoms with E-state index in [0.29, 0.717) is 11.7 Å². The van der Waals surface area contributed by atoms with E-state index in [4.69, 9.17) is 0 Å². The maximum absolute atomic E-state index is 13.9. The number of amides is 2. The Hall–Kier alpha value is -2.66. The molecular weight excluding hydrogens is 410 g/mol. The molecule has 0 aliphatic heterocycles. The van der Waals surface area contributed by atoms with Crippen LogP contribution >= 0.6 is 0 Å². The molecule has 1 aromatic carbocycles. The maximum atomic E-state index is 13.9. The first kappa shape index (κ1) is 25.0.